The predicted molar refractivity (Wildman–Crippen MR) is 140 cm³/mol. The molecule has 166 valence electrons. The quantitative estimate of drug-likeness (QED) is 0.266. The van der Waals surface area contributed by atoms with Crippen molar-refractivity contribution in [2.45, 2.75) is 18.9 Å². The number of nitrogens with zero attached hydrogens (tertiary/aromatic N) is 1. The van der Waals surface area contributed by atoms with E-state index in [1.165, 1.54) is 0 Å². The lowest BCUT2D eigenvalue weighted by atomic mass is 10.1. The molecule has 0 spiro atoms. The molecule has 0 saturated carbocycles. The molecule has 0 unspecified atom stereocenters. The third kappa shape index (κ3) is 5.14. The van der Waals surface area contributed by atoms with E-state index in [9.17, 15) is 4.79 Å². The fraction of sp³-hybridized carbons (Fsp3) is 0.208. The minimum atomic E-state index is -0.158. The van der Waals surface area contributed by atoms with Gasteiger partial charge in [-0.05, 0) is 77.5 Å². The first kappa shape index (κ1) is 23.5. The maximum absolute atomic E-state index is 12.7. The van der Waals surface area contributed by atoms with E-state index >= 15 is 0 Å². The van der Waals surface area contributed by atoms with Gasteiger partial charge in [-0.3, -0.25) is 9.69 Å². The Labute approximate surface area is 215 Å². The van der Waals surface area contributed by atoms with Crippen molar-refractivity contribution in [3.05, 3.63) is 85.4 Å². The normalized spacial score (nSPS) is 15.8. The number of thioether (sulfide) groups is 1. The van der Waals surface area contributed by atoms with Crippen molar-refractivity contribution in [2.24, 2.45) is 0 Å². The zero-order valence-electron chi connectivity index (χ0n) is 17.2. The lowest BCUT2D eigenvalue weighted by Gasteiger charge is -2.25. The molecule has 4 rings (SSSR count). The molecule has 1 atom stereocenters. The highest BCUT2D eigenvalue weighted by Crippen LogP contribution is 2.45. The molecule has 1 heterocycles. The second-order valence-corrected chi connectivity index (χ2v) is 10.1. The molecule has 0 aromatic heterocycles. The van der Waals surface area contributed by atoms with E-state index in [-0.39, 0.29) is 11.3 Å². The van der Waals surface area contributed by atoms with Gasteiger partial charge < -0.3 is 9.47 Å². The van der Waals surface area contributed by atoms with Crippen LogP contribution in [0, 0.1) is 3.57 Å². The van der Waals surface area contributed by atoms with Gasteiger partial charge in [0, 0.05) is 21.3 Å². The first-order valence-electron chi connectivity index (χ1n) is 9.99. The topological polar surface area (TPSA) is 38.8 Å². The van der Waals surface area contributed by atoms with Crippen LogP contribution >= 0.6 is 57.6 Å². The SMILES string of the molecule is CCOc1cc([C@@H]2SCC(=O)N2c2ccc(Cl)cc2)cc(I)c1OCc1ccccc1Cl. The lowest BCUT2D eigenvalue weighted by Crippen LogP contribution is -2.27. The van der Waals surface area contributed by atoms with Gasteiger partial charge in [0.05, 0.1) is 15.9 Å². The van der Waals surface area contributed by atoms with Crippen LogP contribution in [0.5, 0.6) is 11.5 Å². The highest BCUT2D eigenvalue weighted by molar-refractivity contribution is 14.1. The van der Waals surface area contributed by atoms with Crippen molar-refractivity contribution in [1.29, 1.82) is 0 Å². The summed E-state index contributed by atoms with van der Waals surface area (Å²) >= 11 is 16.2. The van der Waals surface area contributed by atoms with Gasteiger partial charge in [-0.15, -0.1) is 11.8 Å². The van der Waals surface area contributed by atoms with Crippen molar-refractivity contribution in [3.8, 4) is 11.5 Å². The van der Waals surface area contributed by atoms with Crippen molar-refractivity contribution in [3.63, 3.8) is 0 Å². The van der Waals surface area contributed by atoms with Crippen LogP contribution in [0.15, 0.2) is 60.7 Å². The van der Waals surface area contributed by atoms with Crippen LogP contribution in [-0.2, 0) is 11.4 Å². The monoisotopic (exact) mass is 599 g/mol. The van der Waals surface area contributed by atoms with Gasteiger partial charge in [-0.25, -0.2) is 0 Å². The van der Waals surface area contributed by atoms with Crippen LogP contribution in [0.25, 0.3) is 0 Å². The fourth-order valence-corrected chi connectivity index (χ4v) is 5.70. The Morgan fingerprint density at radius 1 is 1.09 bits per heavy atom. The number of carbonyl (C=O) groups is 1. The van der Waals surface area contributed by atoms with Crippen molar-refractivity contribution in [1.82, 2.24) is 0 Å². The number of halogens is 3. The number of carbonyl (C=O) groups excluding carboxylic acids is 1. The molecular weight excluding hydrogens is 580 g/mol. The number of anilines is 1. The molecule has 8 heteroatoms. The summed E-state index contributed by atoms with van der Waals surface area (Å²) in [5.41, 5.74) is 2.71. The van der Waals surface area contributed by atoms with Crippen LogP contribution in [0.4, 0.5) is 5.69 Å². The number of ether oxygens (including phenoxy) is 2. The van der Waals surface area contributed by atoms with E-state index in [2.05, 4.69) is 22.6 Å². The first-order valence-corrected chi connectivity index (χ1v) is 12.9. The summed E-state index contributed by atoms with van der Waals surface area (Å²) in [7, 11) is 0. The van der Waals surface area contributed by atoms with Gasteiger partial charge in [-0.2, -0.15) is 0 Å². The van der Waals surface area contributed by atoms with Crippen LogP contribution in [0.3, 0.4) is 0 Å². The van der Waals surface area contributed by atoms with E-state index < -0.39 is 0 Å². The Balaban J connectivity index is 1.65. The maximum atomic E-state index is 12.7. The molecule has 1 amide bonds. The summed E-state index contributed by atoms with van der Waals surface area (Å²) in [4.78, 5) is 14.5. The second kappa shape index (κ2) is 10.5. The maximum Gasteiger partial charge on any atom is 0.238 e. The zero-order valence-corrected chi connectivity index (χ0v) is 21.7. The molecule has 0 N–H and O–H groups in total. The highest BCUT2D eigenvalue weighted by Gasteiger charge is 2.35. The Morgan fingerprint density at radius 3 is 2.56 bits per heavy atom. The number of rotatable bonds is 7. The van der Waals surface area contributed by atoms with Gasteiger partial charge >= 0.3 is 0 Å². The Hall–Kier alpha value is -1.61. The van der Waals surface area contributed by atoms with Crippen LogP contribution in [0.2, 0.25) is 10.0 Å². The largest absolute Gasteiger partial charge is 0.490 e. The van der Waals surface area contributed by atoms with E-state index in [0.717, 1.165) is 20.4 Å². The summed E-state index contributed by atoms with van der Waals surface area (Å²) in [6.45, 7) is 2.77. The van der Waals surface area contributed by atoms with Crippen molar-refractivity contribution >= 4 is 69.1 Å². The Morgan fingerprint density at radius 2 is 1.84 bits per heavy atom. The highest BCUT2D eigenvalue weighted by atomic mass is 127. The first-order chi connectivity index (χ1) is 15.5. The molecule has 1 aliphatic heterocycles. The number of benzene rings is 3. The van der Waals surface area contributed by atoms with E-state index in [1.54, 1.807) is 23.9 Å². The van der Waals surface area contributed by atoms with Crippen LogP contribution in [0.1, 0.15) is 23.4 Å². The van der Waals surface area contributed by atoms with Gasteiger partial charge in [-0.1, -0.05) is 41.4 Å². The van der Waals surface area contributed by atoms with Gasteiger partial charge in [0.15, 0.2) is 11.5 Å². The number of hydrogen-bond donors (Lipinski definition) is 0. The molecular formula is C24H20Cl2INO3S. The third-order valence-electron chi connectivity index (χ3n) is 4.92. The molecule has 4 nitrogen and oxygen atoms in total. The number of hydrogen-bond acceptors (Lipinski definition) is 4. The molecule has 3 aromatic rings. The molecule has 0 bridgehead atoms. The van der Waals surface area contributed by atoms with Crippen molar-refractivity contribution < 1.29 is 14.3 Å². The smallest absolute Gasteiger partial charge is 0.238 e. The van der Waals surface area contributed by atoms with Gasteiger partial charge in [0.1, 0.15) is 12.0 Å². The summed E-state index contributed by atoms with van der Waals surface area (Å²) in [6, 6.07) is 19.0. The molecule has 0 aliphatic carbocycles. The second-order valence-electron chi connectivity index (χ2n) is 7.05. The summed E-state index contributed by atoms with van der Waals surface area (Å²) < 4.78 is 13.0. The third-order valence-corrected chi connectivity index (χ3v) is 7.55. The van der Waals surface area contributed by atoms with Crippen LogP contribution < -0.4 is 14.4 Å². The zero-order chi connectivity index (χ0) is 22.7. The summed E-state index contributed by atoms with van der Waals surface area (Å²) in [5, 5.41) is 1.14. The summed E-state index contributed by atoms with van der Waals surface area (Å²) in [6.07, 6.45) is 0. The molecule has 32 heavy (non-hydrogen) atoms. The van der Waals surface area contributed by atoms with E-state index in [4.69, 9.17) is 32.7 Å². The predicted octanol–water partition coefficient (Wildman–Crippen LogP) is 7.35. The number of amides is 1. The average molecular weight is 600 g/mol. The summed E-state index contributed by atoms with van der Waals surface area (Å²) in [5.74, 6) is 1.80. The average Bonchev–Trinajstić information content (AvgIpc) is 3.16. The molecule has 1 fully saturated rings. The minimum absolute atomic E-state index is 0.0642. The standard InChI is InChI=1S/C24H20Cl2INO3S/c1-2-30-21-12-16(11-20(27)23(21)31-13-15-5-3-4-6-19(15)26)24-28(22(29)14-32-24)18-9-7-17(25)8-10-18/h3-12,24H,2,13-14H2,1H3/t24-/m0/s1. The molecule has 1 aliphatic rings. The molecule has 3 aromatic carbocycles. The van der Waals surface area contributed by atoms with E-state index in [0.29, 0.717) is 40.5 Å². The van der Waals surface area contributed by atoms with Gasteiger partial charge in [0.25, 0.3) is 0 Å². The fourth-order valence-electron chi connectivity index (χ4n) is 3.45. The Bertz CT molecular complexity index is 1130. The Kier molecular flexibility index (Phi) is 7.76. The molecule has 0 radical (unpaired) electrons. The minimum Gasteiger partial charge on any atom is -0.490 e. The van der Waals surface area contributed by atoms with E-state index in [1.807, 2.05) is 60.4 Å². The molecule has 1 saturated heterocycles. The lowest BCUT2D eigenvalue weighted by molar-refractivity contribution is -0.115. The van der Waals surface area contributed by atoms with Gasteiger partial charge in [0.2, 0.25) is 5.91 Å². The van der Waals surface area contributed by atoms with Crippen LogP contribution in [-0.4, -0.2) is 18.3 Å². The van der Waals surface area contributed by atoms with Crippen molar-refractivity contribution in [2.75, 3.05) is 17.3 Å².